The molecule has 2 saturated heterocycles. The number of likely N-dealkylation sites (N-methyl/N-ethyl adjacent to an activating group) is 1. The van der Waals surface area contributed by atoms with E-state index in [9.17, 15) is 29.1 Å². The number of aromatic amines is 1. The number of aromatic nitrogens is 1. The fourth-order valence-electron chi connectivity index (χ4n) is 7.83. The van der Waals surface area contributed by atoms with Gasteiger partial charge in [0.1, 0.15) is 24.2 Å². The van der Waals surface area contributed by atoms with Gasteiger partial charge in [-0.1, -0.05) is 72.8 Å². The van der Waals surface area contributed by atoms with E-state index >= 15 is 0 Å². The van der Waals surface area contributed by atoms with Crippen molar-refractivity contribution < 1.29 is 29.1 Å². The maximum Gasteiger partial charge on any atom is 0.405 e. The van der Waals surface area contributed by atoms with Crippen LogP contribution in [0.25, 0.3) is 22.2 Å². The molecule has 56 heavy (non-hydrogen) atoms. The molecule has 0 spiro atoms. The summed E-state index contributed by atoms with van der Waals surface area (Å²) in [6.07, 6.45) is 1.10. The molecule has 2 fully saturated rings. The van der Waals surface area contributed by atoms with Gasteiger partial charge in [-0.05, 0) is 92.9 Å². The van der Waals surface area contributed by atoms with Crippen LogP contribution in [0.1, 0.15) is 48.9 Å². The molecule has 5 amide bonds. The molecule has 0 radical (unpaired) electrons. The highest BCUT2D eigenvalue weighted by molar-refractivity contribution is 6.01. The first-order valence-corrected chi connectivity index (χ1v) is 18.8. The molecule has 2 aliphatic heterocycles. The van der Waals surface area contributed by atoms with Crippen molar-refractivity contribution in [3.63, 3.8) is 0 Å². The van der Waals surface area contributed by atoms with Gasteiger partial charge in [-0.2, -0.15) is 0 Å². The Labute approximate surface area is 324 Å². The van der Waals surface area contributed by atoms with Gasteiger partial charge in [0, 0.05) is 41.1 Å². The molecule has 5 aromatic rings. The number of likely N-dealkylation sites (tertiary alicyclic amines) is 2. The predicted molar refractivity (Wildman–Crippen MR) is 214 cm³/mol. The van der Waals surface area contributed by atoms with E-state index in [0.717, 1.165) is 34.1 Å². The Balaban J connectivity index is 0.991. The molecule has 4 aromatic carbocycles. The van der Waals surface area contributed by atoms with Gasteiger partial charge in [0.15, 0.2) is 0 Å². The number of amides is 5. The first kappa shape index (κ1) is 37.8. The Kier molecular flexibility index (Phi) is 11.1. The van der Waals surface area contributed by atoms with Gasteiger partial charge in [-0.3, -0.25) is 24.1 Å². The number of H-pyrrole nitrogens is 1. The van der Waals surface area contributed by atoms with Crippen LogP contribution >= 0.6 is 0 Å². The Bertz CT molecular complexity index is 2220. The second-order valence-electron chi connectivity index (χ2n) is 14.5. The van der Waals surface area contributed by atoms with Crippen molar-refractivity contribution in [2.45, 2.75) is 49.9 Å². The van der Waals surface area contributed by atoms with Crippen LogP contribution in [-0.4, -0.2) is 93.8 Å². The number of nitrogens with zero attached hydrogens (tertiary/aromatic N) is 3. The quantitative estimate of drug-likeness (QED) is 0.110. The Morgan fingerprint density at radius 1 is 0.696 bits per heavy atom. The summed E-state index contributed by atoms with van der Waals surface area (Å²) in [5.41, 5.74) is 5.17. The second-order valence-corrected chi connectivity index (χ2v) is 14.5. The van der Waals surface area contributed by atoms with Gasteiger partial charge >= 0.3 is 6.09 Å². The molecule has 5 N–H and O–H groups in total. The van der Waals surface area contributed by atoms with E-state index in [4.69, 9.17) is 0 Å². The highest BCUT2D eigenvalue weighted by atomic mass is 16.4. The van der Waals surface area contributed by atoms with Crippen molar-refractivity contribution in [1.29, 1.82) is 0 Å². The van der Waals surface area contributed by atoms with Crippen molar-refractivity contribution in [1.82, 2.24) is 25.0 Å². The van der Waals surface area contributed by atoms with Crippen molar-refractivity contribution in [2.75, 3.05) is 37.8 Å². The van der Waals surface area contributed by atoms with Crippen molar-refractivity contribution >= 4 is 52.0 Å². The summed E-state index contributed by atoms with van der Waals surface area (Å²) in [5.74, 6) is -1.12. The van der Waals surface area contributed by atoms with Crippen molar-refractivity contribution in [3.05, 3.63) is 120 Å². The summed E-state index contributed by atoms with van der Waals surface area (Å²) in [6.45, 7) is 0.869. The zero-order valence-electron chi connectivity index (χ0n) is 31.3. The highest BCUT2D eigenvalue weighted by Crippen LogP contribution is 2.31. The van der Waals surface area contributed by atoms with Crippen LogP contribution in [-0.2, 0) is 19.2 Å². The number of nitrogens with one attached hydrogen (secondary N) is 4. The van der Waals surface area contributed by atoms with Crippen LogP contribution in [0.3, 0.4) is 0 Å². The lowest BCUT2D eigenvalue weighted by atomic mass is 10.0. The second kappa shape index (κ2) is 16.5. The van der Waals surface area contributed by atoms with E-state index in [1.165, 1.54) is 4.90 Å². The molecule has 288 valence electrons. The van der Waals surface area contributed by atoms with Crippen molar-refractivity contribution in [3.8, 4) is 11.3 Å². The normalized spacial score (nSPS) is 17.8. The average Bonchev–Trinajstić information content (AvgIpc) is 3.98. The van der Waals surface area contributed by atoms with Gasteiger partial charge in [-0.15, -0.1) is 0 Å². The van der Waals surface area contributed by atoms with Gasteiger partial charge in [0.2, 0.25) is 17.7 Å². The maximum absolute atomic E-state index is 13.8. The summed E-state index contributed by atoms with van der Waals surface area (Å²) >= 11 is 0. The molecule has 13 heteroatoms. The summed E-state index contributed by atoms with van der Waals surface area (Å²) in [5, 5.41) is 18.6. The lowest BCUT2D eigenvalue weighted by molar-refractivity contribution is -0.140. The van der Waals surface area contributed by atoms with Crippen LogP contribution in [0.5, 0.6) is 0 Å². The van der Waals surface area contributed by atoms with E-state index < -0.39 is 36.2 Å². The highest BCUT2D eigenvalue weighted by Gasteiger charge is 2.40. The SMILES string of the molecule is CN(C)[C@@H](C(=O)N1CCC[C@H]1C(=O)Nc1ccc2[nH]c(-c3ccc(NC(=O)[C@@H]4CCCN4C(=O)[C@H](NC(=O)O)c4ccccc4)cc3)cc2c1)c1ccccc1. The molecule has 7 rings (SSSR count). The minimum absolute atomic E-state index is 0.0896. The standard InChI is InChI=1S/C43H45N7O6/c1-48(2)38(29-13-7-4-8-14-29)42(54)50-24-10-16-36(50)40(52)45-32-21-22-33-30(25-32)26-34(46-33)27-17-19-31(20-18-27)44-39(51)35-15-9-23-49(35)41(53)37(47-43(55)56)28-11-5-3-6-12-28/h3-8,11-14,17-22,25-26,35-38,46-47H,9-10,15-16,23-24H2,1-2H3,(H,44,51)(H,45,52)(H,55,56)/t35-,36-,37+,38+/m0/s1. The number of carbonyl (C=O) groups excluding carboxylic acids is 4. The number of carboxylic acid groups (broad SMARTS) is 1. The van der Waals surface area contributed by atoms with Crippen LogP contribution in [0, 0.1) is 0 Å². The first-order chi connectivity index (χ1) is 27.1. The third kappa shape index (κ3) is 8.13. The number of hydrogen-bond donors (Lipinski definition) is 5. The van der Waals surface area contributed by atoms with Crippen LogP contribution in [0.15, 0.2) is 109 Å². The zero-order valence-corrected chi connectivity index (χ0v) is 31.3. The number of carbonyl (C=O) groups is 5. The van der Waals surface area contributed by atoms with E-state index in [1.807, 2.05) is 85.7 Å². The summed E-state index contributed by atoms with van der Waals surface area (Å²) < 4.78 is 0. The third-order valence-corrected chi connectivity index (χ3v) is 10.5. The van der Waals surface area contributed by atoms with Gasteiger partial charge < -0.3 is 35.8 Å². The number of hydrogen-bond acceptors (Lipinski definition) is 6. The first-order valence-electron chi connectivity index (χ1n) is 18.8. The average molecular weight is 756 g/mol. The lowest BCUT2D eigenvalue weighted by Crippen LogP contribution is -2.48. The summed E-state index contributed by atoms with van der Waals surface area (Å²) in [4.78, 5) is 74.4. The van der Waals surface area contributed by atoms with Gasteiger partial charge in [-0.25, -0.2) is 4.79 Å². The van der Waals surface area contributed by atoms with E-state index in [2.05, 4.69) is 20.9 Å². The topological polar surface area (TPSA) is 167 Å². The lowest BCUT2D eigenvalue weighted by Gasteiger charge is -2.31. The van der Waals surface area contributed by atoms with Crippen LogP contribution in [0.2, 0.25) is 0 Å². The summed E-state index contributed by atoms with van der Waals surface area (Å²) in [7, 11) is 3.74. The minimum atomic E-state index is -1.33. The fraction of sp³-hybridized carbons (Fsp3) is 0.279. The van der Waals surface area contributed by atoms with Crippen LogP contribution in [0.4, 0.5) is 16.2 Å². The zero-order chi connectivity index (χ0) is 39.3. The Morgan fingerprint density at radius 3 is 1.84 bits per heavy atom. The molecule has 13 nitrogen and oxygen atoms in total. The molecule has 3 heterocycles. The largest absolute Gasteiger partial charge is 0.465 e. The minimum Gasteiger partial charge on any atom is -0.465 e. The predicted octanol–water partition coefficient (Wildman–Crippen LogP) is 6.01. The molecule has 0 saturated carbocycles. The fourth-order valence-corrected chi connectivity index (χ4v) is 7.83. The van der Waals surface area contributed by atoms with Crippen molar-refractivity contribution in [2.24, 2.45) is 0 Å². The van der Waals surface area contributed by atoms with Crippen LogP contribution < -0.4 is 16.0 Å². The molecular weight excluding hydrogens is 711 g/mol. The van der Waals surface area contributed by atoms with E-state index in [-0.39, 0.29) is 17.7 Å². The molecule has 2 aliphatic rings. The summed E-state index contributed by atoms with van der Waals surface area (Å²) in [6, 6.07) is 30.3. The third-order valence-electron chi connectivity index (χ3n) is 10.5. The number of benzene rings is 4. The van der Waals surface area contributed by atoms with Gasteiger partial charge in [0.05, 0.1) is 0 Å². The molecule has 0 bridgehead atoms. The Hall–Kier alpha value is -6.47. The Morgan fingerprint density at radius 2 is 1.25 bits per heavy atom. The van der Waals surface area contributed by atoms with E-state index in [0.29, 0.717) is 49.3 Å². The molecule has 4 atom stereocenters. The number of anilines is 2. The molecule has 0 unspecified atom stereocenters. The molecular formula is C43H45N7O6. The maximum atomic E-state index is 13.8. The monoisotopic (exact) mass is 755 g/mol. The van der Waals surface area contributed by atoms with E-state index in [1.54, 1.807) is 47.4 Å². The molecule has 0 aliphatic carbocycles. The smallest absolute Gasteiger partial charge is 0.405 e. The number of rotatable bonds is 11. The van der Waals surface area contributed by atoms with Gasteiger partial charge in [0.25, 0.3) is 5.91 Å². The number of fused-ring (bicyclic) bond motifs is 1. The molecule has 1 aromatic heterocycles.